The summed E-state index contributed by atoms with van der Waals surface area (Å²) in [5, 5.41) is 2.05. The van der Waals surface area contributed by atoms with Gasteiger partial charge in [-0.3, -0.25) is 4.79 Å². The third-order valence-electron chi connectivity index (χ3n) is 3.18. The topological polar surface area (TPSA) is 55.6 Å². The molecule has 0 aromatic carbocycles. The van der Waals surface area contributed by atoms with Crippen LogP contribution in [0.15, 0.2) is 17.5 Å². The van der Waals surface area contributed by atoms with Crippen molar-refractivity contribution in [1.82, 2.24) is 4.90 Å². The normalized spacial score (nSPS) is 21.8. The molecule has 2 atom stereocenters. The number of likely N-dealkylation sites (tertiary alicyclic amines) is 1. The summed E-state index contributed by atoms with van der Waals surface area (Å²) in [5.74, 6) is 0.0194. The summed E-state index contributed by atoms with van der Waals surface area (Å²) < 4.78 is 5.13. The second-order valence-electron chi connectivity index (χ2n) is 4.17. The highest BCUT2D eigenvalue weighted by Crippen LogP contribution is 2.34. The number of nitrogens with two attached hydrogens (primary N) is 1. The lowest BCUT2D eigenvalue weighted by molar-refractivity contribution is -0.142. The van der Waals surface area contributed by atoms with Crippen molar-refractivity contribution in [2.24, 2.45) is 5.73 Å². The van der Waals surface area contributed by atoms with E-state index in [1.807, 2.05) is 16.3 Å². The molecule has 0 radical (unpaired) electrons. The van der Waals surface area contributed by atoms with E-state index in [0.717, 1.165) is 19.4 Å². The molecular formula is C12H18N2O2S. The lowest BCUT2D eigenvalue weighted by atomic mass is 10.1. The van der Waals surface area contributed by atoms with Crippen LogP contribution >= 0.6 is 11.3 Å². The zero-order valence-corrected chi connectivity index (χ0v) is 10.8. The Bertz CT molecular complexity index is 363. The Hall–Kier alpha value is -0.910. The maximum Gasteiger partial charge on any atom is 0.253 e. The molecule has 0 saturated carbocycles. The van der Waals surface area contributed by atoms with Crippen LogP contribution in [0.2, 0.25) is 0 Å². The van der Waals surface area contributed by atoms with E-state index in [0.29, 0.717) is 0 Å². The molecule has 94 valence electrons. The first-order chi connectivity index (χ1) is 8.27. The maximum atomic E-state index is 12.2. The van der Waals surface area contributed by atoms with Gasteiger partial charge in [0.2, 0.25) is 0 Å². The average Bonchev–Trinajstić information content (AvgIpc) is 3.01. The van der Waals surface area contributed by atoms with Gasteiger partial charge in [0.05, 0.1) is 6.04 Å². The van der Waals surface area contributed by atoms with E-state index in [9.17, 15) is 4.79 Å². The van der Waals surface area contributed by atoms with E-state index in [4.69, 9.17) is 10.5 Å². The minimum absolute atomic E-state index is 0.0194. The van der Waals surface area contributed by atoms with Crippen LogP contribution in [0.4, 0.5) is 0 Å². The van der Waals surface area contributed by atoms with Crippen molar-refractivity contribution in [1.29, 1.82) is 0 Å². The Kier molecular flexibility index (Phi) is 4.15. The highest BCUT2D eigenvalue weighted by atomic mass is 32.1. The van der Waals surface area contributed by atoms with Gasteiger partial charge in [0.15, 0.2) is 0 Å². The highest BCUT2D eigenvalue weighted by molar-refractivity contribution is 7.10. The number of hydrogen-bond donors (Lipinski definition) is 1. The van der Waals surface area contributed by atoms with E-state index >= 15 is 0 Å². The fourth-order valence-electron chi connectivity index (χ4n) is 2.29. The van der Waals surface area contributed by atoms with E-state index < -0.39 is 6.10 Å². The molecule has 1 aliphatic rings. The molecule has 0 bridgehead atoms. The second-order valence-corrected chi connectivity index (χ2v) is 5.14. The van der Waals surface area contributed by atoms with Crippen molar-refractivity contribution in [3.63, 3.8) is 0 Å². The summed E-state index contributed by atoms with van der Waals surface area (Å²) in [5.41, 5.74) is 5.55. The largest absolute Gasteiger partial charge is 0.370 e. The Balaban J connectivity index is 2.12. The Morgan fingerprint density at radius 1 is 1.76 bits per heavy atom. The fourth-order valence-corrected chi connectivity index (χ4v) is 3.16. The van der Waals surface area contributed by atoms with Crippen LogP contribution in [-0.2, 0) is 9.53 Å². The first-order valence-electron chi connectivity index (χ1n) is 5.84. The molecule has 1 aromatic heterocycles. The summed E-state index contributed by atoms with van der Waals surface area (Å²) in [6.45, 7) is 1.05. The van der Waals surface area contributed by atoms with E-state index in [1.165, 1.54) is 12.0 Å². The van der Waals surface area contributed by atoms with Crippen LogP contribution in [-0.4, -0.2) is 37.1 Å². The van der Waals surface area contributed by atoms with Crippen LogP contribution in [0.3, 0.4) is 0 Å². The lowest BCUT2D eigenvalue weighted by Crippen LogP contribution is -2.43. The van der Waals surface area contributed by atoms with Crippen molar-refractivity contribution < 1.29 is 9.53 Å². The minimum atomic E-state index is -0.504. The zero-order chi connectivity index (χ0) is 12.3. The minimum Gasteiger partial charge on any atom is -0.370 e. The molecule has 2 heterocycles. The summed E-state index contributed by atoms with van der Waals surface area (Å²) in [6.07, 6.45) is 1.58. The number of rotatable bonds is 4. The summed E-state index contributed by atoms with van der Waals surface area (Å²) >= 11 is 1.70. The molecule has 4 nitrogen and oxygen atoms in total. The van der Waals surface area contributed by atoms with Crippen molar-refractivity contribution in [2.45, 2.75) is 25.0 Å². The van der Waals surface area contributed by atoms with Crippen LogP contribution in [0.1, 0.15) is 23.8 Å². The van der Waals surface area contributed by atoms with Gasteiger partial charge in [0.25, 0.3) is 5.91 Å². The van der Waals surface area contributed by atoms with Crippen LogP contribution in [0.5, 0.6) is 0 Å². The van der Waals surface area contributed by atoms with Crippen LogP contribution in [0.25, 0.3) is 0 Å². The van der Waals surface area contributed by atoms with Gasteiger partial charge in [-0.05, 0) is 24.3 Å². The number of nitrogens with zero attached hydrogens (tertiary/aromatic N) is 1. The Labute approximate surface area is 105 Å². The Morgan fingerprint density at radius 2 is 2.59 bits per heavy atom. The van der Waals surface area contributed by atoms with Gasteiger partial charge in [-0.1, -0.05) is 6.07 Å². The standard InChI is InChI=1S/C12H18N2O2S/c1-16-10(8-13)12(15)14-6-2-4-9(14)11-5-3-7-17-11/h3,5,7,9-10H,2,4,6,8,13H2,1H3. The predicted octanol–water partition coefficient (Wildman–Crippen LogP) is 1.39. The van der Waals surface area contributed by atoms with Crippen LogP contribution < -0.4 is 5.73 Å². The van der Waals surface area contributed by atoms with Crippen molar-refractivity contribution in [3.8, 4) is 0 Å². The SMILES string of the molecule is COC(CN)C(=O)N1CCCC1c1cccs1. The number of thiophene rings is 1. The molecular weight excluding hydrogens is 236 g/mol. The maximum absolute atomic E-state index is 12.2. The molecule has 2 unspecified atom stereocenters. The third-order valence-corrected chi connectivity index (χ3v) is 4.16. The monoisotopic (exact) mass is 254 g/mol. The molecule has 5 heteroatoms. The number of carbonyl (C=O) groups is 1. The van der Waals surface area contributed by atoms with Gasteiger partial charge < -0.3 is 15.4 Å². The first kappa shape index (κ1) is 12.5. The number of carbonyl (C=O) groups excluding carboxylic acids is 1. The van der Waals surface area contributed by atoms with Crippen molar-refractivity contribution in [3.05, 3.63) is 22.4 Å². The third kappa shape index (κ3) is 2.51. The van der Waals surface area contributed by atoms with Gasteiger partial charge in [-0.25, -0.2) is 0 Å². The van der Waals surface area contributed by atoms with Gasteiger partial charge in [-0.2, -0.15) is 0 Å². The van der Waals surface area contributed by atoms with E-state index in [2.05, 4.69) is 6.07 Å². The molecule has 1 amide bonds. The molecule has 2 N–H and O–H groups in total. The summed E-state index contributed by atoms with van der Waals surface area (Å²) in [6, 6.07) is 4.33. The highest BCUT2D eigenvalue weighted by Gasteiger charge is 2.33. The van der Waals surface area contributed by atoms with Gasteiger partial charge in [0, 0.05) is 25.1 Å². The molecule has 0 aliphatic carbocycles. The predicted molar refractivity (Wildman–Crippen MR) is 67.9 cm³/mol. The molecule has 1 saturated heterocycles. The molecule has 17 heavy (non-hydrogen) atoms. The molecule has 1 fully saturated rings. The van der Waals surface area contributed by atoms with E-state index in [1.54, 1.807) is 11.3 Å². The number of hydrogen-bond acceptors (Lipinski definition) is 4. The fraction of sp³-hybridized carbons (Fsp3) is 0.583. The molecule has 1 aromatic rings. The zero-order valence-electron chi connectivity index (χ0n) is 9.96. The van der Waals surface area contributed by atoms with Crippen molar-refractivity contribution in [2.75, 3.05) is 20.2 Å². The number of amides is 1. The average molecular weight is 254 g/mol. The van der Waals surface area contributed by atoms with Gasteiger partial charge in [-0.15, -0.1) is 11.3 Å². The van der Waals surface area contributed by atoms with Crippen molar-refractivity contribution >= 4 is 17.2 Å². The molecule has 1 aliphatic heterocycles. The number of ether oxygens (including phenoxy) is 1. The summed E-state index contributed by atoms with van der Waals surface area (Å²) in [7, 11) is 1.53. The first-order valence-corrected chi connectivity index (χ1v) is 6.72. The lowest BCUT2D eigenvalue weighted by Gasteiger charge is -2.27. The smallest absolute Gasteiger partial charge is 0.253 e. The molecule has 2 rings (SSSR count). The van der Waals surface area contributed by atoms with Gasteiger partial charge >= 0.3 is 0 Å². The second kappa shape index (κ2) is 5.62. The van der Waals surface area contributed by atoms with Gasteiger partial charge in [0.1, 0.15) is 6.10 Å². The summed E-state index contributed by atoms with van der Waals surface area (Å²) in [4.78, 5) is 15.4. The van der Waals surface area contributed by atoms with E-state index in [-0.39, 0.29) is 18.5 Å². The number of methoxy groups -OCH3 is 1. The van der Waals surface area contributed by atoms with Crippen LogP contribution in [0, 0.1) is 0 Å². The molecule has 0 spiro atoms. The Morgan fingerprint density at radius 3 is 3.18 bits per heavy atom. The quantitative estimate of drug-likeness (QED) is 0.883.